The third-order valence-electron chi connectivity index (χ3n) is 5.29. The third kappa shape index (κ3) is 6.98. The van der Waals surface area contributed by atoms with Crippen LogP contribution in [0.2, 0.25) is 0 Å². The van der Waals surface area contributed by atoms with Gasteiger partial charge in [-0.3, -0.25) is 0 Å². The van der Waals surface area contributed by atoms with Crippen LogP contribution in [0, 0.1) is 13.8 Å². The van der Waals surface area contributed by atoms with E-state index in [-0.39, 0.29) is 11.6 Å². The summed E-state index contributed by atoms with van der Waals surface area (Å²) in [5.41, 5.74) is 11.5. The molecule has 3 aromatic carbocycles. The first-order chi connectivity index (χ1) is 17.7. The minimum Gasteiger partial charge on any atom is -0.406 e. The summed E-state index contributed by atoms with van der Waals surface area (Å²) in [7, 11) is 0. The lowest BCUT2D eigenvalue weighted by Gasteiger charge is -2.35. The Bertz CT molecular complexity index is 1350. The Hall–Kier alpha value is -4.12. The fourth-order valence-corrected chi connectivity index (χ4v) is 4.21. The lowest BCUT2D eigenvalue weighted by molar-refractivity contribution is -0.274. The van der Waals surface area contributed by atoms with Gasteiger partial charge in [0.2, 0.25) is 0 Å². The number of amidine groups is 2. The number of rotatable bonds is 7. The van der Waals surface area contributed by atoms with Crippen LogP contribution in [0.15, 0.2) is 86.9 Å². The normalized spacial score (nSPS) is 15.5. The van der Waals surface area contributed by atoms with E-state index in [1.54, 1.807) is 30.1 Å². The zero-order valence-electron chi connectivity index (χ0n) is 20.0. The number of hydrogen-bond donors (Lipinski definition) is 1. The monoisotopic (exact) mass is 524 g/mol. The standard InChI is InChI=1S/C26H23F3N6OS/c1-17-4-3-5-18(2)23(17)35-16-37-25(35)34-33-14-19-6-8-20(9-7-19)24(30)32-15-31-21-10-12-22(13-11-21)36-26(27,28)29/h3-15H,16H2,1-2H3,(H2,30,31,32)/b33-14-,34-25+. The smallest absolute Gasteiger partial charge is 0.406 e. The molecule has 0 aliphatic carbocycles. The Balaban J connectivity index is 1.35. The summed E-state index contributed by atoms with van der Waals surface area (Å²) in [4.78, 5) is 10.3. The molecule has 3 aromatic rings. The van der Waals surface area contributed by atoms with E-state index in [1.807, 2.05) is 18.2 Å². The molecule has 0 bridgehead atoms. The van der Waals surface area contributed by atoms with E-state index in [9.17, 15) is 13.2 Å². The number of thioether (sulfide) groups is 1. The van der Waals surface area contributed by atoms with Crippen molar-refractivity contribution in [3.8, 4) is 5.75 Å². The van der Waals surface area contributed by atoms with E-state index in [0.717, 1.165) is 16.6 Å². The highest BCUT2D eigenvalue weighted by Gasteiger charge is 2.31. The number of ether oxygens (including phenoxy) is 1. The predicted octanol–water partition coefficient (Wildman–Crippen LogP) is 6.17. The second-order valence-corrected chi connectivity index (χ2v) is 8.90. The molecule has 11 heteroatoms. The van der Waals surface area contributed by atoms with Crippen molar-refractivity contribution in [2.24, 2.45) is 25.9 Å². The Morgan fingerprint density at radius 1 is 1.00 bits per heavy atom. The molecule has 0 amide bonds. The second-order valence-electron chi connectivity index (χ2n) is 7.99. The molecule has 37 heavy (non-hydrogen) atoms. The van der Waals surface area contributed by atoms with Gasteiger partial charge in [-0.1, -0.05) is 54.2 Å². The number of nitrogens with two attached hydrogens (primary N) is 1. The molecule has 0 radical (unpaired) electrons. The maximum absolute atomic E-state index is 12.2. The van der Waals surface area contributed by atoms with Gasteiger partial charge in [-0.2, -0.15) is 5.10 Å². The number of halogens is 3. The van der Waals surface area contributed by atoms with Gasteiger partial charge in [0.15, 0.2) is 5.17 Å². The van der Waals surface area contributed by atoms with Crippen molar-refractivity contribution in [2.45, 2.75) is 20.2 Å². The number of aryl methyl sites for hydroxylation is 2. The molecule has 1 aliphatic heterocycles. The van der Waals surface area contributed by atoms with Crippen LogP contribution < -0.4 is 15.4 Å². The highest BCUT2D eigenvalue weighted by Crippen LogP contribution is 2.34. The Kier molecular flexibility index (Phi) is 7.92. The SMILES string of the molecule is Cc1cccc(C)c1N1CS/C1=N/N=C\c1ccc(C(N)=NC=Nc2ccc(OC(F)(F)F)cc2)cc1. The van der Waals surface area contributed by atoms with Crippen molar-refractivity contribution in [1.29, 1.82) is 0 Å². The molecule has 1 fully saturated rings. The molecule has 0 atom stereocenters. The zero-order chi connectivity index (χ0) is 26.4. The number of benzene rings is 3. The first kappa shape index (κ1) is 26.0. The summed E-state index contributed by atoms with van der Waals surface area (Å²) in [6, 6.07) is 18.6. The van der Waals surface area contributed by atoms with Gasteiger partial charge >= 0.3 is 6.36 Å². The summed E-state index contributed by atoms with van der Waals surface area (Å²) >= 11 is 1.64. The maximum Gasteiger partial charge on any atom is 0.573 e. The molecular weight excluding hydrogens is 501 g/mol. The number of nitrogens with zero attached hydrogens (tertiary/aromatic N) is 5. The molecule has 1 saturated heterocycles. The molecule has 0 aromatic heterocycles. The molecule has 2 N–H and O–H groups in total. The van der Waals surface area contributed by atoms with Crippen LogP contribution in [0.5, 0.6) is 5.75 Å². The van der Waals surface area contributed by atoms with Crippen LogP contribution in [0.25, 0.3) is 0 Å². The van der Waals surface area contributed by atoms with E-state index < -0.39 is 6.36 Å². The maximum atomic E-state index is 12.2. The largest absolute Gasteiger partial charge is 0.573 e. The van der Waals surface area contributed by atoms with Crippen LogP contribution in [-0.2, 0) is 0 Å². The van der Waals surface area contributed by atoms with Gasteiger partial charge < -0.3 is 15.4 Å². The van der Waals surface area contributed by atoms with E-state index in [0.29, 0.717) is 11.3 Å². The minimum atomic E-state index is -4.74. The molecule has 190 valence electrons. The van der Waals surface area contributed by atoms with Crippen molar-refractivity contribution in [3.05, 3.63) is 89.0 Å². The molecule has 1 heterocycles. The fraction of sp³-hybridized carbons (Fsp3) is 0.154. The van der Waals surface area contributed by atoms with Crippen LogP contribution in [-0.4, -0.2) is 35.8 Å². The summed E-state index contributed by atoms with van der Waals surface area (Å²) in [6.07, 6.45) is -1.84. The summed E-state index contributed by atoms with van der Waals surface area (Å²) in [5.74, 6) is 0.753. The zero-order valence-corrected chi connectivity index (χ0v) is 20.8. The number of anilines is 1. The van der Waals surface area contributed by atoms with E-state index in [1.165, 1.54) is 47.4 Å². The quantitative estimate of drug-likeness (QED) is 0.228. The van der Waals surface area contributed by atoms with Crippen LogP contribution in [0.4, 0.5) is 24.5 Å². The topological polar surface area (TPSA) is 87.9 Å². The van der Waals surface area contributed by atoms with Gasteiger partial charge in [0.1, 0.15) is 17.9 Å². The molecule has 0 saturated carbocycles. The highest BCUT2D eigenvalue weighted by molar-refractivity contribution is 8.16. The van der Waals surface area contributed by atoms with Crippen molar-refractivity contribution < 1.29 is 17.9 Å². The van der Waals surface area contributed by atoms with Gasteiger partial charge in [-0.25, -0.2) is 9.98 Å². The molecule has 0 spiro atoms. The molecule has 1 aliphatic rings. The lowest BCUT2D eigenvalue weighted by Crippen LogP contribution is -2.39. The summed E-state index contributed by atoms with van der Waals surface area (Å²) in [5, 5.41) is 9.44. The number of aliphatic imine (C=N–C) groups is 2. The Labute approximate surface area is 216 Å². The van der Waals surface area contributed by atoms with Crippen molar-refractivity contribution in [2.75, 3.05) is 10.8 Å². The first-order valence-electron chi connectivity index (χ1n) is 11.1. The van der Waals surface area contributed by atoms with Gasteiger partial charge in [0, 0.05) is 11.3 Å². The van der Waals surface area contributed by atoms with Gasteiger partial charge in [-0.15, -0.1) is 18.3 Å². The predicted molar refractivity (Wildman–Crippen MR) is 144 cm³/mol. The lowest BCUT2D eigenvalue weighted by atomic mass is 10.1. The van der Waals surface area contributed by atoms with Crippen LogP contribution in [0.3, 0.4) is 0 Å². The van der Waals surface area contributed by atoms with E-state index in [4.69, 9.17) is 5.73 Å². The molecule has 7 nitrogen and oxygen atoms in total. The van der Waals surface area contributed by atoms with Gasteiger partial charge in [0.25, 0.3) is 0 Å². The highest BCUT2D eigenvalue weighted by atomic mass is 32.2. The van der Waals surface area contributed by atoms with E-state index in [2.05, 4.69) is 55.8 Å². The second kappa shape index (κ2) is 11.3. The Morgan fingerprint density at radius 3 is 2.27 bits per heavy atom. The minimum absolute atomic E-state index is 0.236. The summed E-state index contributed by atoms with van der Waals surface area (Å²) < 4.78 is 40.5. The number of para-hydroxylation sites is 1. The average molecular weight is 525 g/mol. The van der Waals surface area contributed by atoms with Crippen molar-refractivity contribution >= 4 is 46.7 Å². The van der Waals surface area contributed by atoms with Gasteiger partial charge in [-0.05, 0) is 54.8 Å². The van der Waals surface area contributed by atoms with Crippen LogP contribution >= 0.6 is 11.8 Å². The van der Waals surface area contributed by atoms with E-state index >= 15 is 0 Å². The molecule has 4 rings (SSSR count). The number of alkyl halides is 3. The molecule has 0 unspecified atom stereocenters. The average Bonchev–Trinajstić information content (AvgIpc) is 2.84. The fourth-order valence-electron chi connectivity index (χ4n) is 3.51. The van der Waals surface area contributed by atoms with Crippen molar-refractivity contribution in [1.82, 2.24) is 0 Å². The van der Waals surface area contributed by atoms with Gasteiger partial charge in [0.05, 0.1) is 17.8 Å². The first-order valence-corrected chi connectivity index (χ1v) is 12.1. The van der Waals surface area contributed by atoms with Crippen LogP contribution in [0.1, 0.15) is 22.3 Å². The molecular formula is C26H23F3N6OS. The number of hydrogen-bond acceptors (Lipinski definition) is 5. The van der Waals surface area contributed by atoms with Crippen molar-refractivity contribution in [3.63, 3.8) is 0 Å². The summed E-state index contributed by atoms with van der Waals surface area (Å²) in [6.45, 7) is 4.17. The Morgan fingerprint density at radius 2 is 1.68 bits per heavy atom. The third-order valence-corrected chi connectivity index (χ3v) is 6.24.